The molecule has 0 heterocycles. The van der Waals surface area contributed by atoms with E-state index in [0.29, 0.717) is 5.92 Å². The zero-order valence-corrected chi connectivity index (χ0v) is 9.59. The van der Waals surface area contributed by atoms with E-state index in [1.165, 1.54) is 0 Å². The van der Waals surface area contributed by atoms with E-state index in [1.54, 1.807) is 6.92 Å². The monoisotopic (exact) mass is 235 g/mol. The summed E-state index contributed by atoms with van der Waals surface area (Å²) in [4.78, 5) is 10.3. The fraction of sp³-hybridized carbons (Fsp3) is 0.889. The number of carboxylic acid groups (broad SMARTS) is 1. The highest BCUT2D eigenvalue weighted by atomic mass is 32.2. The van der Waals surface area contributed by atoms with Gasteiger partial charge in [-0.15, -0.1) is 0 Å². The number of carboxylic acids is 1. The molecule has 1 unspecified atom stereocenters. The molecule has 15 heavy (non-hydrogen) atoms. The quantitative estimate of drug-likeness (QED) is 0.729. The SMILES string of the molecule is CC(NS(=O)(=O)CC(=O)O)C1CCCC1. The van der Waals surface area contributed by atoms with Gasteiger partial charge in [-0.25, -0.2) is 13.1 Å². The highest BCUT2D eigenvalue weighted by molar-refractivity contribution is 7.90. The van der Waals surface area contributed by atoms with Crippen molar-refractivity contribution in [2.75, 3.05) is 5.75 Å². The Morgan fingerprint density at radius 3 is 2.47 bits per heavy atom. The fourth-order valence-corrected chi connectivity index (χ4v) is 3.21. The average molecular weight is 235 g/mol. The number of aliphatic carboxylic acids is 1. The van der Waals surface area contributed by atoms with Crippen LogP contribution in [0.5, 0.6) is 0 Å². The first-order valence-corrected chi connectivity index (χ1v) is 6.78. The van der Waals surface area contributed by atoms with Gasteiger partial charge in [0.05, 0.1) is 0 Å². The predicted molar refractivity (Wildman–Crippen MR) is 56.0 cm³/mol. The Hall–Kier alpha value is -0.620. The molecule has 0 bridgehead atoms. The second kappa shape index (κ2) is 4.94. The standard InChI is InChI=1S/C9H17NO4S/c1-7(8-4-2-3-5-8)10-15(13,14)6-9(11)12/h7-8,10H,2-6H2,1H3,(H,11,12). The molecule has 1 aliphatic carbocycles. The van der Waals surface area contributed by atoms with E-state index < -0.39 is 21.7 Å². The van der Waals surface area contributed by atoms with E-state index in [1.807, 2.05) is 0 Å². The van der Waals surface area contributed by atoms with E-state index in [2.05, 4.69) is 4.72 Å². The summed E-state index contributed by atoms with van der Waals surface area (Å²) in [5.74, 6) is -1.81. The molecule has 88 valence electrons. The summed E-state index contributed by atoms with van der Waals surface area (Å²) in [7, 11) is -3.67. The van der Waals surface area contributed by atoms with Crippen LogP contribution in [0.3, 0.4) is 0 Å². The second-order valence-electron chi connectivity index (χ2n) is 4.10. The van der Waals surface area contributed by atoms with Crippen LogP contribution in [-0.2, 0) is 14.8 Å². The lowest BCUT2D eigenvalue weighted by Crippen LogP contribution is -2.40. The molecule has 0 spiro atoms. The molecular formula is C9H17NO4S. The fourth-order valence-electron chi connectivity index (χ4n) is 2.04. The lowest BCUT2D eigenvalue weighted by molar-refractivity contribution is -0.134. The minimum atomic E-state index is -3.67. The number of carbonyl (C=O) groups is 1. The molecule has 1 aliphatic rings. The zero-order valence-electron chi connectivity index (χ0n) is 8.77. The van der Waals surface area contributed by atoms with Crippen LogP contribution in [0.25, 0.3) is 0 Å². The largest absolute Gasteiger partial charge is 0.480 e. The van der Waals surface area contributed by atoms with Crippen LogP contribution in [0.15, 0.2) is 0 Å². The Bertz CT molecular complexity index is 319. The van der Waals surface area contributed by atoms with Crippen LogP contribution in [0, 0.1) is 5.92 Å². The molecule has 6 heteroatoms. The minimum absolute atomic E-state index is 0.156. The molecule has 0 aromatic rings. The third-order valence-electron chi connectivity index (χ3n) is 2.79. The average Bonchev–Trinajstić information content (AvgIpc) is 2.50. The maximum absolute atomic E-state index is 11.3. The van der Waals surface area contributed by atoms with Gasteiger partial charge >= 0.3 is 5.97 Å². The van der Waals surface area contributed by atoms with Gasteiger partial charge in [-0.1, -0.05) is 12.8 Å². The first-order chi connectivity index (χ1) is 6.91. The van der Waals surface area contributed by atoms with Crippen molar-refractivity contribution in [3.8, 4) is 0 Å². The smallest absolute Gasteiger partial charge is 0.320 e. The molecule has 2 N–H and O–H groups in total. The van der Waals surface area contributed by atoms with Gasteiger partial charge in [0.2, 0.25) is 10.0 Å². The molecule has 1 atom stereocenters. The second-order valence-corrected chi connectivity index (χ2v) is 5.86. The molecule has 1 fully saturated rings. The molecule has 0 radical (unpaired) electrons. The third kappa shape index (κ3) is 4.17. The first kappa shape index (κ1) is 12.4. The Balaban J connectivity index is 2.49. The van der Waals surface area contributed by atoms with Crippen molar-refractivity contribution in [3.05, 3.63) is 0 Å². The van der Waals surface area contributed by atoms with Crippen molar-refractivity contribution >= 4 is 16.0 Å². The molecule has 0 aliphatic heterocycles. The summed E-state index contributed by atoms with van der Waals surface area (Å²) in [6.45, 7) is 1.80. The number of hydrogen-bond acceptors (Lipinski definition) is 3. The van der Waals surface area contributed by atoms with Gasteiger partial charge in [0.15, 0.2) is 5.75 Å². The van der Waals surface area contributed by atoms with Gasteiger partial charge in [-0.05, 0) is 25.7 Å². The van der Waals surface area contributed by atoms with E-state index in [0.717, 1.165) is 25.7 Å². The van der Waals surface area contributed by atoms with Gasteiger partial charge in [0.25, 0.3) is 0 Å². The van der Waals surface area contributed by atoms with Crippen molar-refractivity contribution in [2.45, 2.75) is 38.6 Å². The maximum atomic E-state index is 11.3. The minimum Gasteiger partial charge on any atom is -0.480 e. The lowest BCUT2D eigenvalue weighted by Gasteiger charge is -2.19. The summed E-state index contributed by atoms with van der Waals surface area (Å²) < 4.78 is 25.1. The van der Waals surface area contributed by atoms with Gasteiger partial charge < -0.3 is 5.11 Å². The third-order valence-corrected chi connectivity index (χ3v) is 4.14. The van der Waals surface area contributed by atoms with E-state index in [4.69, 9.17) is 5.11 Å². The topological polar surface area (TPSA) is 83.5 Å². The van der Waals surface area contributed by atoms with Gasteiger partial charge in [-0.3, -0.25) is 4.79 Å². The summed E-state index contributed by atoms with van der Waals surface area (Å²) in [5.41, 5.74) is 0. The van der Waals surface area contributed by atoms with Gasteiger partial charge in [0.1, 0.15) is 0 Å². The Kier molecular flexibility index (Phi) is 4.10. The van der Waals surface area contributed by atoms with Crippen LogP contribution in [0.4, 0.5) is 0 Å². The molecule has 1 rings (SSSR count). The number of rotatable bonds is 5. The van der Waals surface area contributed by atoms with Crippen LogP contribution >= 0.6 is 0 Å². The van der Waals surface area contributed by atoms with Crippen molar-refractivity contribution in [2.24, 2.45) is 5.92 Å². The summed E-state index contributed by atoms with van der Waals surface area (Å²) in [5, 5.41) is 8.41. The zero-order chi connectivity index (χ0) is 11.5. The van der Waals surface area contributed by atoms with Crippen molar-refractivity contribution in [3.63, 3.8) is 0 Å². The number of hydrogen-bond donors (Lipinski definition) is 2. The van der Waals surface area contributed by atoms with Gasteiger partial charge in [0, 0.05) is 6.04 Å². The molecular weight excluding hydrogens is 218 g/mol. The number of nitrogens with one attached hydrogen (secondary N) is 1. The Morgan fingerprint density at radius 1 is 1.47 bits per heavy atom. The predicted octanol–water partition coefficient (Wildman–Crippen LogP) is 0.569. The molecule has 0 amide bonds. The van der Waals surface area contributed by atoms with Crippen molar-refractivity contribution in [1.82, 2.24) is 4.72 Å². The van der Waals surface area contributed by atoms with Crippen molar-refractivity contribution < 1.29 is 18.3 Å². The van der Waals surface area contributed by atoms with Crippen LogP contribution < -0.4 is 4.72 Å². The van der Waals surface area contributed by atoms with Crippen LogP contribution in [-0.4, -0.2) is 31.3 Å². The summed E-state index contributed by atoms with van der Waals surface area (Å²) in [6.07, 6.45) is 4.32. The van der Waals surface area contributed by atoms with E-state index >= 15 is 0 Å². The highest BCUT2D eigenvalue weighted by Crippen LogP contribution is 2.27. The highest BCUT2D eigenvalue weighted by Gasteiger charge is 2.26. The van der Waals surface area contributed by atoms with E-state index in [-0.39, 0.29) is 6.04 Å². The van der Waals surface area contributed by atoms with E-state index in [9.17, 15) is 13.2 Å². The molecule has 5 nitrogen and oxygen atoms in total. The summed E-state index contributed by atoms with van der Waals surface area (Å²) >= 11 is 0. The Morgan fingerprint density at radius 2 is 2.00 bits per heavy atom. The maximum Gasteiger partial charge on any atom is 0.320 e. The first-order valence-electron chi connectivity index (χ1n) is 5.12. The number of sulfonamides is 1. The molecule has 0 aromatic carbocycles. The molecule has 0 aromatic heterocycles. The Labute approximate surface area is 89.9 Å². The molecule has 1 saturated carbocycles. The molecule has 0 saturated heterocycles. The van der Waals surface area contributed by atoms with Crippen molar-refractivity contribution in [1.29, 1.82) is 0 Å². The van der Waals surface area contributed by atoms with Crippen LogP contribution in [0.1, 0.15) is 32.6 Å². The summed E-state index contributed by atoms with van der Waals surface area (Å²) in [6, 6.07) is -0.156. The van der Waals surface area contributed by atoms with Crippen LogP contribution in [0.2, 0.25) is 0 Å². The lowest BCUT2D eigenvalue weighted by atomic mass is 10.0. The normalized spacial score (nSPS) is 20.3. The van der Waals surface area contributed by atoms with Gasteiger partial charge in [-0.2, -0.15) is 0 Å².